The van der Waals surface area contributed by atoms with Crippen molar-refractivity contribution in [2.45, 2.75) is 26.6 Å². The predicted molar refractivity (Wildman–Crippen MR) is 136 cm³/mol. The molecule has 0 radical (unpaired) electrons. The lowest BCUT2D eigenvalue weighted by Crippen LogP contribution is -2.37. The van der Waals surface area contributed by atoms with Gasteiger partial charge in [0.05, 0.1) is 25.9 Å². The van der Waals surface area contributed by atoms with E-state index in [4.69, 9.17) is 4.42 Å². The van der Waals surface area contributed by atoms with E-state index in [-0.39, 0.29) is 29.9 Å². The number of hydrogen-bond acceptors (Lipinski definition) is 5. The number of aromatic nitrogens is 3. The molecule has 1 aromatic carbocycles. The molecule has 0 unspecified atom stereocenters. The van der Waals surface area contributed by atoms with Crippen molar-refractivity contribution < 1.29 is 9.21 Å². The molecule has 0 fully saturated rings. The molecule has 9 nitrogen and oxygen atoms in total. The van der Waals surface area contributed by atoms with E-state index in [2.05, 4.69) is 31.1 Å². The second-order valence-electron chi connectivity index (χ2n) is 7.06. The zero-order valence-electron chi connectivity index (χ0n) is 18.2. The van der Waals surface area contributed by atoms with Crippen molar-refractivity contribution in [3.8, 4) is 0 Å². The van der Waals surface area contributed by atoms with Crippen LogP contribution >= 0.6 is 24.0 Å². The fourth-order valence-electron chi connectivity index (χ4n) is 3.18. The van der Waals surface area contributed by atoms with Crippen LogP contribution in [-0.4, -0.2) is 33.0 Å². The van der Waals surface area contributed by atoms with Crippen molar-refractivity contribution in [2.75, 3.05) is 6.54 Å². The Balaban J connectivity index is 0.00000306. The Kier molecular flexibility index (Phi) is 8.81. The molecule has 3 heterocycles. The highest BCUT2D eigenvalue weighted by Crippen LogP contribution is 2.08. The van der Waals surface area contributed by atoms with Crippen molar-refractivity contribution in [1.29, 1.82) is 0 Å². The van der Waals surface area contributed by atoms with Gasteiger partial charge in [0.15, 0.2) is 17.4 Å². The Hall–Kier alpha value is -3.41. The summed E-state index contributed by atoms with van der Waals surface area (Å²) in [6, 6.07) is 16.8. The summed E-state index contributed by atoms with van der Waals surface area (Å²) in [4.78, 5) is 17.1. The van der Waals surface area contributed by atoms with Crippen LogP contribution in [0, 0.1) is 0 Å². The Bertz CT molecular complexity index is 1200. The summed E-state index contributed by atoms with van der Waals surface area (Å²) < 4.78 is 7.18. The van der Waals surface area contributed by atoms with Crippen molar-refractivity contribution in [2.24, 2.45) is 4.99 Å². The molecule has 3 N–H and O–H groups in total. The first-order valence-electron chi connectivity index (χ1n) is 10.4. The number of guanidine groups is 1. The van der Waals surface area contributed by atoms with Gasteiger partial charge in [0, 0.05) is 18.3 Å². The zero-order valence-corrected chi connectivity index (χ0v) is 20.5. The first-order valence-corrected chi connectivity index (χ1v) is 10.4. The minimum absolute atomic E-state index is 0. The number of carbonyl (C=O) groups is 1. The number of benzene rings is 1. The molecule has 10 heteroatoms. The van der Waals surface area contributed by atoms with Gasteiger partial charge in [-0.15, -0.1) is 34.2 Å². The zero-order chi connectivity index (χ0) is 22.2. The average Bonchev–Trinajstić information content (AvgIpc) is 3.49. The van der Waals surface area contributed by atoms with E-state index in [1.807, 2.05) is 60.0 Å². The number of nitrogens with one attached hydrogen (secondary N) is 3. The first kappa shape index (κ1) is 24.2. The van der Waals surface area contributed by atoms with Gasteiger partial charge in [0.25, 0.3) is 5.91 Å². The van der Waals surface area contributed by atoms with E-state index >= 15 is 0 Å². The molecule has 4 aromatic rings. The maximum absolute atomic E-state index is 12.4. The van der Waals surface area contributed by atoms with Gasteiger partial charge in [-0.1, -0.05) is 18.2 Å². The standard InChI is InChI=1S/C23H25N7O2.HI/c1-2-24-23(27-16-21-29-28-20-10-3-4-11-30(20)21)26-14-17-7-5-8-18(13-17)22(31)25-15-19-9-6-12-32-19;/h3-13H,2,14-16H2,1H3,(H,25,31)(H2,24,26,27);1H. The summed E-state index contributed by atoms with van der Waals surface area (Å²) in [6.45, 7) is 3.98. The van der Waals surface area contributed by atoms with E-state index in [9.17, 15) is 4.79 Å². The number of pyridine rings is 1. The Morgan fingerprint density at radius 2 is 1.94 bits per heavy atom. The highest BCUT2D eigenvalue weighted by Gasteiger charge is 2.08. The highest BCUT2D eigenvalue weighted by atomic mass is 127. The molecule has 0 bridgehead atoms. The topological polar surface area (TPSA) is 109 Å². The number of carbonyl (C=O) groups excluding carboxylic acids is 1. The van der Waals surface area contributed by atoms with Crippen LogP contribution in [0.4, 0.5) is 0 Å². The third kappa shape index (κ3) is 6.54. The van der Waals surface area contributed by atoms with Crippen LogP contribution in [0.2, 0.25) is 0 Å². The summed E-state index contributed by atoms with van der Waals surface area (Å²) in [6.07, 6.45) is 3.51. The van der Waals surface area contributed by atoms with Crippen molar-refractivity contribution in [3.05, 3.63) is 89.8 Å². The minimum atomic E-state index is -0.157. The second-order valence-corrected chi connectivity index (χ2v) is 7.06. The van der Waals surface area contributed by atoms with E-state index < -0.39 is 0 Å². The molecule has 172 valence electrons. The highest BCUT2D eigenvalue weighted by molar-refractivity contribution is 14.0. The van der Waals surface area contributed by atoms with Crippen LogP contribution in [0.15, 0.2) is 76.5 Å². The molecule has 33 heavy (non-hydrogen) atoms. The van der Waals surface area contributed by atoms with Crippen LogP contribution in [0.25, 0.3) is 5.65 Å². The maximum atomic E-state index is 12.4. The molecule has 0 saturated carbocycles. The van der Waals surface area contributed by atoms with E-state index in [1.54, 1.807) is 18.4 Å². The van der Waals surface area contributed by atoms with Gasteiger partial charge in [-0.3, -0.25) is 9.20 Å². The third-order valence-electron chi connectivity index (χ3n) is 4.75. The number of halogens is 1. The number of amides is 1. The van der Waals surface area contributed by atoms with Crippen LogP contribution < -0.4 is 16.0 Å². The average molecular weight is 559 g/mol. The first-order chi connectivity index (χ1) is 15.7. The normalized spacial score (nSPS) is 11.1. The molecule has 1 amide bonds. The summed E-state index contributed by atoms with van der Waals surface area (Å²) >= 11 is 0. The predicted octanol–water partition coefficient (Wildman–Crippen LogP) is 3.13. The number of nitrogens with zero attached hydrogens (tertiary/aromatic N) is 4. The Morgan fingerprint density at radius 1 is 1.03 bits per heavy atom. The smallest absolute Gasteiger partial charge is 0.251 e. The third-order valence-corrected chi connectivity index (χ3v) is 4.75. The maximum Gasteiger partial charge on any atom is 0.251 e. The van der Waals surface area contributed by atoms with Gasteiger partial charge in [0.1, 0.15) is 5.76 Å². The van der Waals surface area contributed by atoms with Crippen LogP contribution in [0.1, 0.15) is 34.4 Å². The number of hydrogen-bond donors (Lipinski definition) is 3. The number of rotatable bonds is 8. The minimum Gasteiger partial charge on any atom is -0.467 e. The monoisotopic (exact) mass is 559 g/mol. The van der Waals surface area contributed by atoms with Gasteiger partial charge in [-0.2, -0.15) is 0 Å². The number of aliphatic imine (C=N–C) groups is 1. The Labute approximate surface area is 208 Å². The second kappa shape index (κ2) is 12.0. The van der Waals surface area contributed by atoms with Crippen LogP contribution in [0.3, 0.4) is 0 Å². The fraction of sp³-hybridized carbons (Fsp3) is 0.217. The molecular weight excluding hydrogens is 533 g/mol. The van der Waals surface area contributed by atoms with Crippen molar-refractivity contribution >= 4 is 41.5 Å². The van der Waals surface area contributed by atoms with E-state index in [1.165, 1.54) is 0 Å². The van der Waals surface area contributed by atoms with Gasteiger partial charge < -0.3 is 20.4 Å². The molecule has 4 rings (SSSR count). The summed E-state index contributed by atoms with van der Waals surface area (Å²) in [5.41, 5.74) is 2.31. The fourth-order valence-corrected chi connectivity index (χ4v) is 3.18. The van der Waals surface area contributed by atoms with E-state index in [0.717, 1.165) is 23.6 Å². The SMILES string of the molecule is CCNC(=NCc1cccc(C(=O)NCc2ccco2)c1)NCc1nnc2ccccn12.I. The van der Waals surface area contributed by atoms with Gasteiger partial charge in [-0.05, 0) is 48.9 Å². The Morgan fingerprint density at radius 3 is 2.76 bits per heavy atom. The number of fused-ring (bicyclic) bond motifs is 1. The van der Waals surface area contributed by atoms with Crippen molar-refractivity contribution in [3.63, 3.8) is 0 Å². The molecular formula is C23H26IN7O2. The lowest BCUT2D eigenvalue weighted by molar-refractivity contribution is 0.0948. The molecule has 0 aliphatic heterocycles. The molecule has 0 spiro atoms. The molecule has 0 atom stereocenters. The van der Waals surface area contributed by atoms with Gasteiger partial charge >= 0.3 is 0 Å². The summed E-state index contributed by atoms with van der Waals surface area (Å²) in [5, 5.41) is 17.8. The lowest BCUT2D eigenvalue weighted by Gasteiger charge is -2.11. The molecule has 0 saturated heterocycles. The summed E-state index contributed by atoms with van der Waals surface area (Å²) in [5.74, 6) is 2.01. The van der Waals surface area contributed by atoms with Gasteiger partial charge in [0.2, 0.25) is 0 Å². The van der Waals surface area contributed by atoms with Crippen LogP contribution in [0.5, 0.6) is 0 Å². The number of furan rings is 1. The molecule has 0 aliphatic rings. The summed E-state index contributed by atoms with van der Waals surface area (Å²) in [7, 11) is 0. The molecule has 0 aliphatic carbocycles. The largest absolute Gasteiger partial charge is 0.467 e. The molecule has 3 aromatic heterocycles. The quantitative estimate of drug-likeness (QED) is 0.174. The van der Waals surface area contributed by atoms with Crippen molar-refractivity contribution in [1.82, 2.24) is 30.5 Å². The lowest BCUT2D eigenvalue weighted by atomic mass is 10.1. The van der Waals surface area contributed by atoms with Gasteiger partial charge in [-0.25, -0.2) is 4.99 Å². The van der Waals surface area contributed by atoms with E-state index in [0.29, 0.717) is 36.9 Å². The van der Waals surface area contributed by atoms with Crippen LogP contribution in [-0.2, 0) is 19.6 Å².